The number of carbonyl (C=O) groups excluding carboxylic acids is 3. The number of hydrogen-bond donors (Lipinski definition) is 8. The number of nitrogens with one attached hydrogen (secondary N) is 5. The summed E-state index contributed by atoms with van der Waals surface area (Å²) >= 11 is 5.28. The van der Waals surface area contributed by atoms with Gasteiger partial charge in [-0.05, 0) is 100 Å². The topological polar surface area (TPSA) is 245 Å². The molecule has 0 heterocycles. The molecule has 2 aromatic carbocycles. The molecule has 0 aromatic heterocycles. The molecule has 7 N–H and O–H groups in total. The third kappa shape index (κ3) is 29.6. The van der Waals surface area contributed by atoms with E-state index in [1.807, 2.05) is 113 Å². The summed E-state index contributed by atoms with van der Waals surface area (Å²) in [5.41, 5.74) is 1.01. The lowest BCUT2D eigenvalue weighted by Crippen LogP contribution is -2.61. The highest BCUT2D eigenvalue weighted by molar-refractivity contribution is 7.98. The van der Waals surface area contributed by atoms with Crippen molar-refractivity contribution in [1.82, 2.24) is 31.5 Å². The first-order valence-corrected chi connectivity index (χ1v) is 31.3. The summed E-state index contributed by atoms with van der Waals surface area (Å²) in [7, 11) is 5.29. The zero-order valence-electron chi connectivity index (χ0n) is 54.2. The molecule has 2 aromatic rings. The van der Waals surface area contributed by atoms with Crippen LogP contribution in [0, 0.1) is 17.3 Å². The first-order chi connectivity index (χ1) is 39.5. The van der Waals surface area contributed by atoms with Crippen LogP contribution >= 0.6 is 24.4 Å². The molecule has 84 heavy (non-hydrogen) atoms. The first-order valence-electron chi connectivity index (χ1n) is 29.0. The number of benzene rings is 2. The monoisotopic (exact) mass is 1220 g/mol. The second-order valence-electron chi connectivity index (χ2n) is 23.0. The molecule has 0 saturated heterocycles. The molecule has 0 saturated carbocycles. The number of aliphatic carboxylic acids is 2. The average Bonchev–Trinajstić information content (AvgIpc) is 3.44. The Kier molecular flexibility index (Phi) is 39.8. The second kappa shape index (κ2) is 42.2. The van der Waals surface area contributed by atoms with Crippen LogP contribution in [-0.2, 0) is 53.8 Å². The minimum absolute atomic E-state index is 0.0471. The maximum atomic E-state index is 13.9. The lowest BCUT2D eigenvalue weighted by atomic mass is 9.76. The Morgan fingerprint density at radius 3 is 1.50 bits per heavy atom. The summed E-state index contributed by atoms with van der Waals surface area (Å²) in [5, 5.41) is 34.2. The summed E-state index contributed by atoms with van der Waals surface area (Å²) in [6.07, 6.45) is 6.93. The molecule has 0 fully saturated rings. The van der Waals surface area contributed by atoms with Crippen LogP contribution in [-0.4, -0.2) is 194 Å². The van der Waals surface area contributed by atoms with Crippen LogP contribution in [0.1, 0.15) is 108 Å². The highest BCUT2D eigenvalue weighted by Crippen LogP contribution is 2.31. The third-order valence-corrected chi connectivity index (χ3v) is 14.7. The van der Waals surface area contributed by atoms with Gasteiger partial charge in [0.2, 0.25) is 17.7 Å². The van der Waals surface area contributed by atoms with Crippen molar-refractivity contribution in [2.75, 3.05) is 119 Å². The lowest BCUT2D eigenvalue weighted by Gasteiger charge is -2.40. The van der Waals surface area contributed by atoms with Crippen molar-refractivity contribution in [1.29, 1.82) is 0 Å². The lowest BCUT2D eigenvalue weighted by molar-refractivity contribution is -0.141. The van der Waals surface area contributed by atoms with E-state index < -0.39 is 40.9 Å². The van der Waals surface area contributed by atoms with E-state index in [1.165, 1.54) is 24.3 Å². The van der Waals surface area contributed by atoms with Crippen molar-refractivity contribution in [2.45, 2.75) is 138 Å². The van der Waals surface area contributed by atoms with Crippen LogP contribution in [0.25, 0.3) is 0 Å². The number of rotatable bonds is 39. The van der Waals surface area contributed by atoms with Crippen LogP contribution in [0.2, 0.25) is 0 Å². The molecule has 0 radical (unpaired) electrons. The van der Waals surface area contributed by atoms with Gasteiger partial charge in [0.25, 0.3) is 0 Å². The zero-order chi connectivity index (χ0) is 64.2. The van der Waals surface area contributed by atoms with E-state index >= 15 is 0 Å². The fraction of sp³-hybridized carbons (Fsp3) is 0.667. The summed E-state index contributed by atoms with van der Waals surface area (Å²) < 4.78 is 33.4. The summed E-state index contributed by atoms with van der Waals surface area (Å²) in [6.45, 7) is 32.7. The van der Waals surface area contributed by atoms with Crippen molar-refractivity contribution in [3.8, 4) is 11.5 Å². The van der Waals surface area contributed by atoms with Crippen molar-refractivity contribution >= 4 is 54.1 Å². The summed E-state index contributed by atoms with van der Waals surface area (Å²) in [5.74, 6) is -0.233. The van der Waals surface area contributed by atoms with Crippen LogP contribution in [0.5, 0.6) is 11.5 Å². The average molecular weight is 1220 g/mol. The van der Waals surface area contributed by atoms with Gasteiger partial charge in [-0.3, -0.25) is 14.4 Å². The maximum absolute atomic E-state index is 13.9. The predicted molar refractivity (Wildman–Crippen MR) is 343 cm³/mol. The largest absolute Gasteiger partial charge is 0.494 e. The molecule has 19 nitrogen and oxygen atoms in total. The third-order valence-electron chi connectivity index (χ3n) is 14.1. The smallest absolute Gasteiger partial charge is 0.331 e. The Bertz CT molecular complexity index is 2260. The van der Waals surface area contributed by atoms with Crippen LogP contribution < -0.4 is 36.1 Å². The van der Waals surface area contributed by atoms with E-state index in [-0.39, 0.29) is 64.7 Å². The summed E-state index contributed by atoms with van der Waals surface area (Å²) in [6, 6.07) is 13.5. The fourth-order valence-electron chi connectivity index (χ4n) is 8.77. The Labute approximate surface area is 514 Å². The molecular formula is C63H108N6O13S2. The predicted octanol–water partition coefficient (Wildman–Crippen LogP) is 7.66. The molecule has 0 aliphatic carbocycles. The molecule has 0 bridgehead atoms. The van der Waals surface area contributed by atoms with Crippen molar-refractivity contribution in [2.24, 2.45) is 17.3 Å². The maximum Gasteiger partial charge on any atom is 0.331 e. The SMILES string of the molecule is CCOc1ccc(C(C)(C)[C@@H](CNCC(=O)N[C@H](/C=C(\C)C(=O)O)C(C)C)NC)cc1.CN[C@H](C(=O)N[C@H](C(=O)N(C)[C@H](/C=C(\C)C(=O)O)C(C)C)C(C)(C)C)C(C)(C)c1ccc(OCCOCCOCCOCCOCCSC)cc1.CS. The number of thioether (sulfide) groups is 1. The number of ether oxygens (including phenoxy) is 6. The quantitative estimate of drug-likeness (QED) is 0.0182. The molecule has 0 aliphatic heterocycles. The normalized spacial score (nSPS) is 14.0. The van der Waals surface area contributed by atoms with Gasteiger partial charge in [-0.2, -0.15) is 24.4 Å². The number of thiol groups is 1. The fourth-order valence-corrected chi connectivity index (χ4v) is 9.05. The van der Waals surface area contributed by atoms with Gasteiger partial charge in [-0.25, -0.2) is 9.59 Å². The highest BCUT2D eigenvalue weighted by atomic mass is 32.2. The van der Waals surface area contributed by atoms with Gasteiger partial charge in [0.15, 0.2) is 0 Å². The van der Waals surface area contributed by atoms with Gasteiger partial charge in [0.1, 0.15) is 24.1 Å². The minimum Gasteiger partial charge on any atom is -0.494 e. The van der Waals surface area contributed by atoms with Crippen molar-refractivity contribution in [3.63, 3.8) is 0 Å². The first kappa shape index (κ1) is 79.3. The second-order valence-corrected chi connectivity index (χ2v) is 24.0. The Balaban J connectivity index is 0.00000178. The number of hydrogen-bond acceptors (Lipinski definition) is 16. The van der Waals surface area contributed by atoms with E-state index in [1.54, 1.807) is 44.3 Å². The van der Waals surface area contributed by atoms with E-state index in [0.29, 0.717) is 71.8 Å². The van der Waals surface area contributed by atoms with E-state index in [9.17, 15) is 29.1 Å². The standard InChI is InChI=1S/C38H65N3O9S.C24H39N3O4.CH4S/c1-27(2)31(26-28(3)36(44)45)41(10)35(43)33(37(4,5)6)40-34(42)32(39-9)38(7,8)29-12-14-30(15-13-29)50-23-22-48-19-18-46-16-17-47-20-21-49-24-25-51-11;1-8-31-19-11-9-18(10-12-19)24(5,6)21(25-7)14-26-15-22(28)27-20(16(2)3)13-17(4)23(29)30;1-2/h12-15,26-27,31-33,39H,16-25H2,1-11H3,(H,40,42)(H,44,45);9-13,16,20-21,25-26H,8,14-15H2,1-7H3,(H,27,28)(H,29,30);2H,1H3/b28-26+;17-13+;/t31-,32-,33-;20-,21-;/m11./s1. The molecule has 2 rings (SSSR count). The number of carboxylic acids is 2. The molecule has 0 spiro atoms. The van der Waals surface area contributed by atoms with Crippen LogP contribution in [0.4, 0.5) is 0 Å². The number of carbonyl (C=O) groups is 5. The van der Waals surface area contributed by atoms with Crippen LogP contribution in [0.15, 0.2) is 71.8 Å². The molecular weight excluding hydrogens is 1110 g/mol. The van der Waals surface area contributed by atoms with Gasteiger partial charge in [0, 0.05) is 47.4 Å². The molecule has 3 amide bonds. The van der Waals surface area contributed by atoms with Crippen molar-refractivity contribution in [3.05, 3.63) is 83.0 Å². The van der Waals surface area contributed by atoms with Gasteiger partial charge < -0.3 is 70.1 Å². The Hall–Kier alpha value is -4.71. The molecule has 5 atom stereocenters. The van der Waals surface area contributed by atoms with Gasteiger partial charge in [0.05, 0.1) is 84.1 Å². The minimum atomic E-state index is -1.04. The zero-order valence-corrected chi connectivity index (χ0v) is 55.9. The number of likely N-dealkylation sites (N-methyl/N-ethyl adjacent to an activating group) is 3. The van der Waals surface area contributed by atoms with Gasteiger partial charge in [-0.15, -0.1) is 0 Å². The molecule has 21 heteroatoms. The number of carboxylic acid groups (broad SMARTS) is 2. The van der Waals surface area contributed by atoms with Gasteiger partial charge >= 0.3 is 11.9 Å². The Morgan fingerprint density at radius 2 is 1.08 bits per heavy atom. The number of amides is 3. The molecule has 480 valence electrons. The molecule has 0 unspecified atom stereocenters. The van der Waals surface area contributed by atoms with Gasteiger partial charge in [-0.1, -0.05) is 113 Å². The highest BCUT2D eigenvalue weighted by Gasteiger charge is 2.42. The van der Waals surface area contributed by atoms with E-state index in [2.05, 4.69) is 71.4 Å². The van der Waals surface area contributed by atoms with E-state index in [4.69, 9.17) is 33.5 Å². The molecule has 0 aliphatic rings. The van der Waals surface area contributed by atoms with Crippen LogP contribution in [0.3, 0.4) is 0 Å². The van der Waals surface area contributed by atoms with Crippen molar-refractivity contribution < 1.29 is 62.6 Å². The summed E-state index contributed by atoms with van der Waals surface area (Å²) in [4.78, 5) is 64.4. The van der Waals surface area contributed by atoms with E-state index in [0.717, 1.165) is 23.7 Å². The Morgan fingerprint density at radius 1 is 0.631 bits per heavy atom. The number of nitrogens with zero attached hydrogens (tertiary/aromatic N) is 1.